The summed E-state index contributed by atoms with van der Waals surface area (Å²) in [6.45, 7) is 6.68. The van der Waals surface area contributed by atoms with E-state index in [9.17, 15) is 0 Å². The molecule has 2 aliphatic heterocycles. The number of hydrogen-bond donors (Lipinski definition) is 0. The van der Waals surface area contributed by atoms with E-state index in [4.69, 9.17) is 9.40 Å². The maximum absolute atomic E-state index is 6.63. The van der Waals surface area contributed by atoms with Crippen molar-refractivity contribution in [1.82, 2.24) is 9.55 Å². The Morgan fingerprint density at radius 3 is 2.20 bits per heavy atom. The first-order valence-electron chi connectivity index (χ1n) is 15.6. The average molecular weight is 577 g/mol. The SMILES string of the molecule is Cc1cc2c3c(c1)-n1c(-c4c(C)cccc4C)nc4cccc(c41)B3c1ccccc1N2c1cccc2c1oc1ccccc12. The number of hydrogen-bond acceptors (Lipinski definition) is 3. The fourth-order valence-corrected chi connectivity index (χ4v) is 8.09. The molecule has 0 bridgehead atoms. The van der Waals surface area contributed by atoms with E-state index in [0.29, 0.717) is 0 Å². The summed E-state index contributed by atoms with van der Waals surface area (Å²) in [5.41, 5.74) is 17.4. The maximum atomic E-state index is 6.63. The van der Waals surface area contributed by atoms with Gasteiger partial charge in [0.2, 0.25) is 0 Å². The summed E-state index contributed by atoms with van der Waals surface area (Å²) in [5.74, 6) is 1.00. The number of aromatic nitrogens is 2. The van der Waals surface area contributed by atoms with Gasteiger partial charge in [0.1, 0.15) is 11.4 Å². The Morgan fingerprint density at radius 2 is 1.31 bits per heavy atom. The van der Waals surface area contributed by atoms with Gasteiger partial charge in [-0.25, -0.2) is 4.98 Å². The molecule has 0 saturated carbocycles. The molecule has 0 fully saturated rings. The van der Waals surface area contributed by atoms with Crippen molar-refractivity contribution in [2.75, 3.05) is 4.90 Å². The lowest BCUT2D eigenvalue weighted by Crippen LogP contribution is -2.60. The summed E-state index contributed by atoms with van der Waals surface area (Å²) in [6, 6.07) is 41.6. The molecule has 4 nitrogen and oxygen atoms in total. The van der Waals surface area contributed by atoms with E-state index in [2.05, 4.69) is 139 Å². The molecule has 5 heteroatoms. The first kappa shape index (κ1) is 24.9. The van der Waals surface area contributed by atoms with E-state index < -0.39 is 0 Å². The third-order valence-electron chi connectivity index (χ3n) is 9.89. The lowest BCUT2D eigenvalue weighted by molar-refractivity contribution is 0.669. The largest absolute Gasteiger partial charge is 0.454 e. The first-order valence-corrected chi connectivity index (χ1v) is 15.6. The Kier molecular flexibility index (Phi) is 4.84. The van der Waals surface area contributed by atoms with Crippen molar-refractivity contribution in [2.45, 2.75) is 20.8 Å². The fraction of sp³-hybridized carbons (Fsp3) is 0.0750. The zero-order valence-corrected chi connectivity index (χ0v) is 25.3. The van der Waals surface area contributed by atoms with Crippen LogP contribution in [0.4, 0.5) is 17.1 Å². The highest BCUT2D eigenvalue weighted by Crippen LogP contribution is 2.45. The highest BCUT2D eigenvalue weighted by molar-refractivity contribution is 7.00. The molecule has 0 spiro atoms. The van der Waals surface area contributed by atoms with Crippen LogP contribution in [0.25, 0.3) is 50.0 Å². The van der Waals surface area contributed by atoms with Gasteiger partial charge in [0, 0.05) is 33.4 Å². The number of aryl methyl sites for hydroxylation is 3. The number of anilines is 3. The van der Waals surface area contributed by atoms with Crippen LogP contribution >= 0.6 is 0 Å². The van der Waals surface area contributed by atoms with E-state index in [1.165, 1.54) is 61.2 Å². The summed E-state index contributed by atoms with van der Waals surface area (Å²) in [5, 5.41) is 2.26. The van der Waals surface area contributed by atoms with Gasteiger partial charge >= 0.3 is 0 Å². The van der Waals surface area contributed by atoms with Gasteiger partial charge in [0.05, 0.1) is 16.7 Å². The maximum Gasteiger partial charge on any atom is 0.252 e. The molecule has 8 aromatic rings. The van der Waals surface area contributed by atoms with Gasteiger partial charge in [0.15, 0.2) is 5.58 Å². The Labute approximate surface area is 261 Å². The molecular weight excluding hydrogens is 549 g/mol. The minimum atomic E-state index is 0.0802. The molecule has 212 valence electrons. The van der Waals surface area contributed by atoms with Crippen molar-refractivity contribution in [3.8, 4) is 17.1 Å². The predicted molar refractivity (Wildman–Crippen MR) is 187 cm³/mol. The lowest BCUT2D eigenvalue weighted by Gasteiger charge is -2.40. The van der Waals surface area contributed by atoms with E-state index >= 15 is 0 Å². The van der Waals surface area contributed by atoms with Crippen LogP contribution in [-0.2, 0) is 0 Å². The fourth-order valence-electron chi connectivity index (χ4n) is 8.09. The van der Waals surface area contributed by atoms with Crippen LogP contribution in [0.3, 0.4) is 0 Å². The van der Waals surface area contributed by atoms with Crippen LogP contribution in [0, 0.1) is 20.8 Å². The summed E-state index contributed by atoms with van der Waals surface area (Å²) in [7, 11) is 0. The van der Waals surface area contributed by atoms with Gasteiger partial charge in [-0.15, -0.1) is 0 Å². The van der Waals surface area contributed by atoms with Gasteiger partial charge in [-0.1, -0.05) is 78.9 Å². The van der Waals surface area contributed by atoms with E-state index in [0.717, 1.165) is 39.0 Å². The number of para-hydroxylation sites is 4. The van der Waals surface area contributed by atoms with Gasteiger partial charge in [-0.05, 0) is 90.2 Å². The molecule has 2 aromatic heterocycles. The number of imidazole rings is 1. The van der Waals surface area contributed by atoms with Crippen molar-refractivity contribution < 1.29 is 4.42 Å². The van der Waals surface area contributed by atoms with Crippen LogP contribution < -0.4 is 21.3 Å². The quantitative estimate of drug-likeness (QED) is 0.195. The Balaban J connectivity index is 1.35. The second kappa shape index (κ2) is 8.76. The minimum Gasteiger partial charge on any atom is -0.454 e. The monoisotopic (exact) mass is 577 g/mol. The molecule has 0 unspecified atom stereocenters. The number of fused-ring (bicyclic) bond motifs is 7. The standard InChI is InChI=1S/C40H28BN3O/c1-23-21-33-37-34(22-23)44-38-29(16-10-17-30(38)42-40(44)36-24(2)11-8-12-25(36)3)41(37)28-15-5-6-18-31(28)43(33)32-19-9-14-27-26-13-4-7-20-35(26)45-39(27)32/h4-22H,1-3H3. The van der Waals surface area contributed by atoms with Crippen molar-refractivity contribution in [2.24, 2.45) is 0 Å². The third kappa shape index (κ3) is 3.20. The van der Waals surface area contributed by atoms with Crippen LogP contribution in [0.15, 0.2) is 120 Å². The normalized spacial score (nSPS) is 13.1. The second-order valence-electron chi connectivity index (χ2n) is 12.5. The molecule has 0 saturated heterocycles. The van der Waals surface area contributed by atoms with Crippen molar-refractivity contribution in [3.63, 3.8) is 0 Å². The minimum absolute atomic E-state index is 0.0802. The predicted octanol–water partition coefficient (Wildman–Crippen LogP) is 8.13. The molecule has 0 amide bonds. The van der Waals surface area contributed by atoms with Crippen molar-refractivity contribution in [1.29, 1.82) is 0 Å². The number of rotatable bonds is 2. The molecule has 0 radical (unpaired) electrons. The Morgan fingerprint density at radius 1 is 0.622 bits per heavy atom. The number of furan rings is 1. The third-order valence-corrected chi connectivity index (χ3v) is 9.89. The highest BCUT2D eigenvalue weighted by Gasteiger charge is 2.42. The zero-order chi connectivity index (χ0) is 30.0. The molecule has 6 aromatic carbocycles. The van der Waals surface area contributed by atoms with Gasteiger partial charge in [-0.3, -0.25) is 4.57 Å². The van der Waals surface area contributed by atoms with Gasteiger partial charge in [0.25, 0.3) is 6.71 Å². The van der Waals surface area contributed by atoms with Crippen molar-refractivity contribution >= 4 is 73.1 Å². The molecule has 0 N–H and O–H groups in total. The molecule has 45 heavy (non-hydrogen) atoms. The molecule has 0 aliphatic carbocycles. The zero-order valence-electron chi connectivity index (χ0n) is 25.3. The Hall–Kier alpha value is -5.55. The molecule has 2 aliphatic rings. The smallest absolute Gasteiger partial charge is 0.252 e. The van der Waals surface area contributed by atoms with Crippen LogP contribution in [0.2, 0.25) is 0 Å². The van der Waals surface area contributed by atoms with Crippen LogP contribution in [0.1, 0.15) is 16.7 Å². The van der Waals surface area contributed by atoms with Crippen LogP contribution in [0.5, 0.6) is 0 Å². The van der Waals surface area contributed by atoms with Crippen molar-refractivity contribution in [3.05, 3.63) is 132 Å². The van der Waals surface area contributed by atoms with Gasteiger partial charge < -0.3 is 9.32 Å². The summed E-state index contributed by atoms with van der Waals surface area (Å²) >= 11 is 0. The van der Waals surface area contributed by atoms with Crippen LogP contribution in [-0.4, -0.2) is 16.3 Å². The number of benzene rings is 6. The number of nitrogens with zero attached hydrogens (tertiary/aromatic N) is 3. The Bertz CT molecular complexity index is 2540. The summed E-state index contributed by atoms with van der Waals surface area (Å²) in [6.07, 6.45) is 0. The molecule has 0 atom stereocenters. The highest BCUT2D eigenvalue weighted by atomic mass is 16.3. The molecular formula is C40H28BN3O. The second-order valence-corrected chi connectivity index (χ2v) is 12.5. The molecule has 10 rings (SSSR count). The first-order chi connectivity index (χ1) is 22.1. The lowest BCUT2D eigenvalue weighted by atomic mass is 9.34. The molecule has 4 heterocycles. The average Bonchev–Trinajstić information content (AvgIpc) is 3.62. The summed E-state index contributed by atoms with van der Waals surface area (Å²) in [4.78, 5) is 7.79. The topological polar surface area (TPSA) is 34.2 Å². The summed E-state index contributed by atoms with van der Waals surface area (Å²) < 4.78 is 9.07. The van der Waals surface area contributed by atoms with E-state index in [1.54, 1.807) is 0 Å². The van der Waals surface area contributed by atoms with E-state index in [-0.39, 0.29) is 6.71 Å². The van der Waals surface area contributed by atoms with Gasteiger partial charge in [-0.2, -0.15) is 0 Å². The van der Waals surface area contributed by atoms with E-state index in [1.807, 2.05) is 6.07 Å².